The van der Waals surface area contributed by atoms with Crippen molar-refractivity contribution in [2.45, 2.75) is 58.5 Å². The van der Waals surface area contributed by atoms with Gasteiger partial charge in [-0.3, -0.25) is 0 Å². The summed E-state index contributed by atoms with van der Waals surface area (Å²) in [7, 11) is 0. The molecule has 0 aromatic rings. The van der Waals surface area contributed by atoms with E-state index in [9.17, 15) is 15.0 Å². The molecule has 3 nitrogen and oxygen atoms in total. The monoisotopic (exact) mass is 252 g/mol. The van der Waals surface area contributed by atoms with Crippen molar-refractivity contribution in [2.24, 2.45) is 28.6 Å². The van der Waals surface area contributed by atoms with Crippen molar-refractivity contribution >= 4 is 5.97 Å². The molecule has 2 bridgehead atoms. The number of rotatable bonds is 1. The van der Waals surface area contributed by atoms with Gasteiger partial charge in [0.05, 0.1) is 0 Å². The Morgan fingerprint density at radius 2 is 1.83 bits per heavy atom. The van der Waals surface area contributed by atoms with Gasteiger partial charge in [-0.15, -0.1) is 0 Å². The summed E-state index contributed by atoms with van der Waals surface area (Å²) in [5.41, 5.74) is -1.22. The summed E-state index contributed by atoms with van der Waals surface area (Å²) in [4.78, 5) is 11.5. The molecule has 3 aliphatic rings. The Labute approximate surface area is 109 Å². The normalized spacial score (nSPS) is 53.2. The van der Waals surface area contributed by atoms with Crippen LogP contribution in [0.25, 0.3) is 0 Å². The van der Waals surface area contributed by atoms with Gasteiger partial charge in [-0.2, -0.15) is 0 Å². The van der Waals surface area contributed by atoms with Gasteiger partial charge >= 0.3 is 5.97 Å². The van der Waals surface area contributed by atoms with Gasteiger partial charge in [0.25, 0.3) is 0 Å². The van der Waals surface area contributed by atoms with Crippen LogP contribution in [0.2, 0.25) is 0 Å². The van der Waals surface area contributed by atoms with Crippen LogP contribution in [0.1, 0.15) is 52.9 Å². The molecule has 3 heteroatoms. The summed E-state index contributed by atoms with van der Waals surface area (Å²) in [5.74, 6) is 0.190. The largest absolute Gasteiger partial charge is 0.479 e. The predicted octanol–water partition coefficient (Wildman–Crippen LogP) is 2.67. The molecule has 0 aliphatic heterocycles. The van der Waals surface area contributed by atoms with Crippen molar-refractivity contribution in [3.8, 4) is 0 Å². The molecule has 5 unspecified atom stereocenters. The molecule has 3 saturated carbocycles. The van der Waals surface area contributed by atoms with Crippen molar-refractivity contribution in [1.82, 2.24) is 0 Å². The molecule has 102 valence electrons. The minimum absolute atomic E-state index is 0.0472. The zero-order chi connectivity index (χ0) is 13.3. The van der Waals surface area contributed by atoms with Crippen LogP contribution in [0.15, 0.2) is 0 Å². The Kier molecular flexibility index (Phi) is 2.28. The highest BCUT2D eigenvalue weighted by atomic mass is 16.4. The number of carboxylic acids is 1. The molecule has 3 aliphatic carbocycles. The van der Waals surface area contributed by atoms with E-state index in [2.05, 4.69) is 20.8 Å². The summed E-state index contributed by atoms with van der Waals surface area (Å²) in [6.45, 7) is 6.69. The lowest BCUT2D eigenvalue weighted by Crippen LogP contribution is -2.52. The Morgan fingerprint density at radius 3 is 2.44 bits per heavy atom. The van der Waals surface area contributed by atoms with E-state index in [1.54, 1.807) is 0 Å². The van der Waals surface area contributed by atoms with Gasteiger partial charge in [0.1, 0.15) is 0 Å². The zero-order valence-electron chi connectivity index (χ0n) is 11.6. The van der Waals surface area contributed by atoms with Crippen molar-refractivity contribution in [2.75, 3.05) is 0 Å². The van der Waals surface area contributed by atoms with E-state index >= 15 is 0 Å². The van der Waals surface area contributed by atoms with E-state index in [-0.39, 0.29) is 11.3 Å². The lowest BCUT2D eigenvalue weighted by molar-refractivity contribution is -0.175. The Morgan fingerprint density at radius 1 is 1.17 bits per heavy atom. The lowest BCUT2D eigenvalue weighted by atomic mass is 9.63. The van der Waals surface area contributed by atoms with Gasteiger partial charge in [-0.25, -0.2) is 4.79 Å². The van der Waals surface area contributed by atoms with Crippen LogP contribution >= 0.6 is 0 Å². The molecule has 0 saturated heterocycles. The fourth-order valence-electron chi connectivity index (χ4n) is 5.84. The molecule has 0 aromatic heterocycles. The van der Waals surface area contributed by atoms with E-state index in [0.29, 0.717) is 23.7 Å². The topological polar surface area (TPSA) is 57.5 Å². The van der Waals surface area contributed by atoms with Crippen LogP contribution in [-0.2, 0) is 4.79 Å². The van der Waals surface area contributed by atoms with Gasteiger partial charge in [-0.05, 0) is 54.8 Å². The van der Waals surface area contributed by atoms with E-state index < -0.39 is 11.6 Å². The van der Waals surface area contributed by atoms with Crippen molar-refractivity contribution in [3.05, 3.63) is 0 Å². The fourth-order valence-corrected chi connectivity index (χ4v) is 5.84. The highest BCUT2D eigenvalue weighted by Gasteiger charge is 2.70. The Hall–Kier alpha value is -0.570. The molecule has 3 rings (SSSR count). The second-order valence-electron chi connectivity index (χ2n) is 7.57. The van der Waals surface area contributed by atoms with Crippen LogP contribution in [-0.4, -0.2) is 21.8 Å². The Bertz CT molecular complexity index is 403. The van der Waals surface area contributed by atoms with Crippen LogP contribution in [0.3, 0.4) is 0 Å². The van der Waals surface area contributed by atoms with Gasteiger partial charge in [0, 0.05) is 5.92 Å². The second kappa shape index (κ2) is 3.30. The molecule has 0 aromatic carbocycles. The minimum Gasteiger partial charge on any atom is -0.479 e. The number of aliphatic carboxylic acids is 1. The standard InChI is InChI=1S/C15H24O3/c1-9-4-5-10-13(2,3)11-8-14(9,10)6-7-15(11,18)12(16)17/h9-11,18H,4-8H2,1-3H3,(H,16,17). The van der Waals surface area contributed by atoms with Gasteiger partial charge < -0.3 is 10.2 Å². The smallest absolute Gasteiger partial charge is 0.335 e. The minimum atomic E-state index is -1.49. The molecular formula is C15H24O3. The van der Waals surface area contributed by atoms with Gasteiger partial charge in [0.15, 0.2) is 5.60 Å². The highest BCUT2D eigenvalue weighted by molar-refractivity contribution is 5.78. The first-order valence-electron chi connectivity index (χ1n) is 7.21. The molecule has 2 N–H and O–H groups in total. The summed E-state index contributed by atoms with van der Waals surface area (Å²) in [5, 5.41) is 20.0. The molecule has 18 heavy (non-hydrogen) atoms. The molecule has 0 heterocycles. The number of carboxylic acid groups (broad SMARTS) is 1. The maximum Gasteiger partial charge on any atom is 0.335 e. The summed E-state index contributed by atoms with van der Waals surface area (Å²) in [6.07, 6.45) is 4.72. The van der Waals surface area contributed by atoms with Gasteiger partial charge in [0.2, 0.25) is 0 Å². The van der Waals surface area contributed by atoms with Crippen molar-refractivity contribution in [3.63, 3.8) is 0 Å². The van der Waals surface area contributed by atoms with E-state index in [1.165, 1.54) is 12.8 Å². The second-order valence-corrected chi connectivity index (χ2v) is 7.57. The molecule has 0 radical (unpaired) electrons. The molecule has 1 spiro atoms. The lowest BCUT2D eigenvalue weighted by Gasteiger charge is -2.43. The third kappa shape index (κ3) is 1.17. The number of hydrogen-bond donors (Lipinski definition) is 2. The van der Waals surface area contributed by atoms with Crippen molar-refractivity contribution in [1.29, 1.82) is 0 Å². The molecule has 0 amide bonds. The maximum absolute atomic E-state index is 11.5. The SMILES string of the molecule is CC1CCC2C(C)(C)C3CC12CCC3(O)C(=O)O. The number of fused-ring (bicyclic) bond motifs is 1. The van der Waals surface area contributed by atoms with E-state index in [4.69, 9.17) is 0 Å². The van der Waals surface area contributed by atoms with E-state index in [0.717, 1.165) is 12.8 Å². The first-order chi connectivity index (χ1) is 8.25. The molecule has 5 atom stereocenters. The van der Waals surface area contributed by atoms with Crippen LogP contribution in [0.4, 0.5) is 0 Å². The number of aliphatic hydroxyl groups is 1. The van der Waals surface area contributed by atoms with E-state index in [1.807, 2.05) is 0 Å². The van der Waals surface area contributed by atoms with Crippen LogP contribution in [0, 0.1) is 28.6 Å². The molecular weight excluding hydrogens is 228 g/mol. The summed E-state index contributed by atoms with van der Waals surface area (Å²) >= 11 is 0. The van der Waals surface area contributed by atoms with Crippen LogP contribution in [0.5, 0.6) is 0 Å². The predicted molar refractivity (Wildman–Crippen MR) is 68.0 cm³/mol. The summed E-state index contributed by atoms with van der Waals surface area (Å²) in [6, 6.07) is 0. The number of hydrogen-bond acceptors (Lipinski definition) is 2. The zero-order valence-corrected chi connectivity index (χ0v) is 11.6. The fraction of sp³-hybridized carbons (Fsp3) is 0.933. The first-order valence-corrected chi connectivity index (χ1v) is 7.21. The molecule has 3 fully saturated rings. The van der Waals surface area contributed by atoms with Gasteiger partial charge in [-0.1, -0.05) is 20.8 Å². The quantitative estimate of drug-likeness (QED) is 0.754. The van der Waals surface area contributed by atoms with Crippen LogP contribution < -0.4 is 0 Å². The summed E-state index contributed by atoms with van der Waals surface area (Å²) < 4.78 is 0. The number of carbonyl (C=O) groups is 1. The first kappa shape index (κ1) is 12.5. The average Bonchev–Trinajstić information content (AvgIpc) is 2.69. The third-order valence-corrected chi connectivity index (χ3v) is 6.86. The highest BCUT2D eigenvalue weighted by Crippen LogP contribution is 2.73. The Balaban J connectivity index is 2.07. The van der Waals surface area contributed by atoms with Crippen molar-refractivity contribution < 1.29 is 15.0 Å². The average molecular weight is 252 g/mol. The third-order valence-electron chi connectivity index (χ3n) is 6.86. The maximum atomic E-state index is 11.5.